The summed E-state index contributed by atoms with van der Waals surface area (Å²) in [5.74, 6) is 0.304. The Morgan fingerprint density at radius 2 is 1.95 bits per heavy atom. The van der Waals surface area contributed by atoms with Crippen molar-refractivity contribution in [2.75, 3.05) is 26.2 Å². The Morgan fingerprint density at radius 1 is 1.22 bits per heavy atom. The molecule has 8 heteroatoms. The predicted octanol–water partition coefficient (Wildman–Crippen LogP) is 5.21. The zero-order valence-corrected chi connectivity index (χ0v) is 25.2. The highest BCUT2D eigenvalue weighted by molar-refractivity contribution is 14.1. The molecule has 0 aromatic heterocycles. The van der Waals surface area contributed by atoms with Crippen molar-refractivity contribution in [3.05, 3.63) is 68.3 Å². The Morgan fingerprint density at radius 3 is 2.59 bits per heavy atom. The largest absolute Gasteiger partial charge is 0.350 e. The first-order valence-electron chi connectivity index (χ1n) is 13.2. The molecule has 0 spiro atoms. The molecule has 1 saturated heterocycles. The number of nitrogens with zero attached hydrogens (tertiary/aromatic N) is 1. The van der Waals surface area contributed by atoms with Gasteiger partial charge in [0.25, 0.3) is 5.91 Å². The lowest BCUT2D eigenvalue weighted by atomic mass is 9.95. The third kappa shape index (κ3) is 9.23. The van der Waals surface area contributed by atoms with Crippen LogP contribution in [0.5, 0.6) is 0 Å². The van der Waals surface area contributed by atoms with Crippen molar-refractivity contribution in [1.29, 1.82) is 0 Å². The van der Waals surface area contributed by atoms with Crippen LogP contribution in [0.15, 0.2) is 48.5 Å². The average molecular weight is 639 g/mol. The van der Waals surface area contributed by atoms with Gasteiger partial charge in [0.1, 0.15) is 0 Å². The van der Waals surface area contributed by atoms with Gasteiger partial charge in [-0.3, -0.25) is 9.59 Å². The second-order valence-corrected chi connectivity index (χ2v) is 12.4. The second kappa shape index (κ2) is 13.9. The topological polar surface area (TPSA) is 73.5 Å². The maximum Gasteiger partial charge on any atom is 0.251 e. The number of nitrogens with one attached hydrogen (secondary N) is 3. The molecule has 0 radical (unpaired) electrons. The van der Waals surface area contributed by atoms with Gasteiger partial charge in [0.2, 0.25) is 5.91 Å². The zero-order chi connectivity index (χ0) is 27.0. The molecule has 3 rings (SSSR count). The Kier molecular flexibility index (Phi) is 11.2. The molecule has 0 bridgehead atoms. The van der Waals surface area contributed by atoms with Gasteiger partial charge in [0.05, 0.1) is 11.1 Å². The maximum atomic E-state index is 13.7. The van der Waals surface area contributed by atoms with E-state index in [9.17, 15) is 9.59 Å². The van der Waals surface area contributed by atoms with Crippen molar-refractivity contribution in [2.45, 2.75) is 70.5 Å². The molecule has 3 atom stereocenters. The molecule has 202 valence electrons. The monoisotopic (exact) mass is 638 g/mol. The molecule has 2 aromatic carbocycles. The Hall–Kier alpha value is -1.68. The van der Waals surface area contributed by atoms with E-state index in [1.165, 1.54) is 5.56 Å². The van der Waals surface area contributed by atoms with Crippen LogP contribution in [0.25, 0.3) is 0 Å². The first-order valence-corrected chi connectivity index (χ1v) is 14.6. The van der Waals surface area contributed by atoms with E-state index < -0.39 is 0 Å². The Bertz CT molecular complexity index is 1040. The van der Waals surface area contributed by atoms with Gasteiger partial charge < -0.3 is 20.9 Å². The summed E-state index contributed by atoms with van der Waals surface area (Å²) in [5, 5.41) is 10.8. The number of amides is 2. The van der Waals surface area contributed by atoms with Gasteiger partial charge in [-0.15, -0.1) is 0 Å². The van der Waals surface area contributed by atoms with Crippen LogP contribution in [0, 0.1) is 3.57 Å². The van der Waals surface area contributed by atoms with Gasteiger partial charge in [-0.05, 0) is 92.9 Å². The molecule has 2 amide bonds. The minimum atomic E-state index is -0.302. The summed E-state index contributed by atoms with van der Waals surface area (Å²) in [6.45, 7) is 11.1. The molecule has 0 saturated carbocycles. The van der Waals surface area contributed by atoms with Crippen LogP contribution in [-0.2, 0) is 4.79 Å². The van der Waals surface area contributed by atoms with Crippen molar-refractivity contribution in [2.24, 2.45) is 0 Å². The smallest absolute Gasteiger partial charge is 0.251 e. The molecule has 1 heterocycles. The third-order valence-corrected chi connectivity index (χ3v) is 8.32. The highest BCUT2D eigenvalue weighted by Crippen LogP contribution is 2.23. The zero-order valence-electron chi connectivity index (χ0n) is 22.3. The quantitative estimate of drug-likeness (QED) is 0.313. The molecule has 1 aliphatic heterocycles. The Balaban J connectivity index is 1.69. The molecule has 3 N–H and O–H groups in total. The highest BCUT2D eigenvalue weighted by atomic mass is 127. The molecule has 1 aliphatic rings. The van der Waals surface area contributed by atoms with Crippen molar-refractivity contribution in [3.8, 4) is 0 Å². The summed E-state index contributed by atoms with van der Waals surface area (Å²) >= 11 is 8.24. The number of rotatable bonds is 10. The average Bonchev–Trinajstić information content (AvgIpc) is 3.01. The molecule has 37 heavy (non-hydrogen) atoms. The maximum absolute atomic E-state index is 13.7. The van der Waals surface area contributed by atoms with Crippen LogP contribution in [0.3, 0.4) is 0 Å². The summed E-state index contributed by atoms with van der Waals surface area (Å²) in [5.41, 5.74) is 1.83. The van der Waals surface area contributed by atoms with Crippen LogP contribution in [0.2, 0.25) is 5.02 Å². The van der Waals surface area contributed by atoms with Crippen LogP contribution < -0.4 is 16.0 Å². The molecule has 1 fully saturated rings. The van der Waals surface area contributed by atoms with E-state index in [-0.39, 0.29) is 29.4 Å². The van der Waals surface area contributed by atoms with Gasteiger partial charge in [-0.1, -0.05) is 48.9 Å². The number of carbonyl (C=O) groups excluding carboxylic acids is 2. The fourth-order valence-electron chi connectivity index (χ4n) is 4.64. The van der Waals surface area contributed by atoms with Crippen molar-refractivity contribution >= 4 is 46.0 Å². The van der Waals surface area contributed by atoms with Gasteiger partial charge in [-0.25, -0.2) is 0 Å². The highest BCUT2D eigenvalue weighted by Gasteiger charge is 2.32. The minimum absolute atomic E-state index is 0.000658. The SMILES string of the molecule is CC[C@H](CN1CC[C@@H](CNC(=O)c2ccc(Cl)c(I)c2)N[C@@H](CCNC(C)(C)C)C1=O)c1ccccc1. The van der Waals surface area contributed by atoms with E-state index in [2.05, 4.69) is 90.5 Å². The van der Waals surface area contributed by atoms with E-state index in [1.807, 2.05) is 11.0 Å². The first-order chi connectivity index (χ1) is 17.6. The first kappa shape index (κ1) is 29.9. The molecular formula is C29H40ClIN4O2. The normalized spacial score (nSPS) is 19.4. The fourth-order valence-corrected chi connectivity index (χ4v) is 5.27. The summed E-state index contributed by atoms with van der Waals surface area (Å²) in [6, 6.07) is 15.4. The van der Waals surface area contributed by atoms with Crippen LogP contribution in [0.1, 0.15) is 68.8 Å². The van der Waals surface area contributed by atoms with E-state index in [4.69, 9.17) is 11.6 Å². The van der Waals surface area contributed by atoms with E-state index >= 15 is 0 Å². The van der Waals surface area contributed by atoms with Gasteiger partial charge in [-0.2, -0.15) is 0 Å². The van der Waals surface area contributed by atoms with Crippen LogP contribution in [-0.4, -0.2) is 60.5 Å². The minimum Gasteiger partial charge on any atom is -0.350 e. The van der Waals surface area contributed by atoms with E-state index in [0.29, 0.717) is 42.6 Å². The standard InChI is InChI=1S/C29H40ClIN4O2/c1-5-20(21-9-7-6-8-10-21)19-35-16-14-23(34-26(28(35)37)13-15-33-29(2,3)4)18-32-27(36)22-11-12-24(30)25(31)17-22/h6-12,17,20,23,26,33-34H,5,13-16,18-19H2,1-4H3,(H,32,36)/t20-,23+,26+/m1/s1. The molecule has 0 unspecified atom stereocenters. The van der Waals surface area contributed by atoms with Crippen LogP contribution >= 0.6 is 34.2 Å². The molecular weight excluding hydrogens is 599 g/mol. The van der Waals surface area contributed by atoms with Crippen LogP contribution in [0.4, 0.5) is 0 Å². The number of carbonyl (C=O) groups is 2. The summed E-state index contributed by atoms with van der Waals surface area (Å²) in [4.78, 5) is 28.5. The molecule has 0 aliphatic carbocycles. The lowest BCUT2D eigenvalue weighted by Crippen LogP contribution is -2.50. The predicted molar refractivity (Wildman–Crippen MR) is 160 cm³/mol. The number of benzene rings is 2. The third-order valence-electron chi connectivity index (χ3n) is 6.78. The van der Waals surface area contributed by atoms with Crippen molar-refractivity contribution in [1.82, 2.24) is 20.9 Å². The van der Waals surface area contributed by atoms with Gasteiger partial charge >= 0.3 is 0 Å². The van der Waals surface area contributed by atoms with E-state index in [0.717, 1.165) is 23.0 Å². The van der Waals surface area contributed by atoms with Crippen molar-refractivity contribution in [3.63, 3.8) is 0 Å². The molecule has 2 aromatic rings. The Labute approximate surface area is 240 Å². The van der Waals surface area contributed by atoms with Gasteiger partial charge in [0.15, 0.2) is 0 Å². The van der Waals surface area contributed by atoms with E-state index in [1.54, 1.807) is 18.2 Å². The lowest BCUT2D eigenvalue weighted by Gasteiger charge is -2.29. The van der Waals surface area contributed by atoms with Gasteiger partial charge in [0, 0.05) is 46.3 Å². The summed E-state index contributed by atoms with van der Waals surface area (Å²) in [6.07, 6.45) is 2.43. The number of halogens is 2. The number of hydrogen-bond donors (Lipinski definition) is 3. The second-order valence-electron chi connectivity index (χ2n) is 10.8. The lowest BCUT2D eigenvalue weighted by molar-refractivity contribution is -0.133. The van der Waals surface area contributed by atoms with Crippen molar-refractivity contribution < 1.29 is 9.59 Å². The molecule has 6 nitrogen and oxygen atoms in total. The number of hydrogen-bond acceptors (Lipinski definition) is 4. The summed E-state index contributed by atoms with van der Waals surface area (Å²) < 4.78 is 0.844. The fraction of sp³-hybridized carbons (Fsp3) is 0.517. The summed E-state index contributed by atoms with van der Waals surface area (Å²) in [7, 11) is 0.